The SMILES string of the molecule is C[C@@H]1C[C@@H](N2CCN(C[C@H](O)COc3ccccc3)CC2)C(=O)O1. The van der Waals surface area contributed by atoms with Crippen molar-refractivity contribution in [3.8, 4) is 5.75 Å². The lowest BCUT2D eigenvalue weighted by atomic mass is 10.1. The average Bonchev–Trinajstić information content (AvgIpc) is 2.93. The topological polar surface area (TPSA) is 62.2 Å². The van der Waals surface area contributed by atoms with E-state index < -0.39 is 6.10 Å². The number of cyclic esters (lactones) is 1. The van der Waals surface area contributed by atoms with E-state index in [1.165, 1.54) is 0 Å². The van der Waals surface area contributed by atoms with Gasteiger partial charge in [0.1, 0.15) is 30.6 Å². The Morgan fingerprint density at radius 1 is 1.25 bits per heavy atom. The number of piperazine rings is 1. The number of hydrogen-bond acceptors (Lipinski definition) is 6. The summed E-state index contributed by atoms with van der Waals surface area (Å²) in [6.45, 7) is 6.18. The van der Waals surface area contributed by atoms with Gasteiger partial charge >= 0.3 is 5.97 Å². The largest absolute Gasteiger partial charge is 0.491 e. The summed E-state index contributed by atoms with van der Waals surface area (Å²) in [6.07, 6.45) is 0.289. The van der Waals surface area contributed by atoms with E-state index in [1.807, 2.05) is 37.3 Å². The van der Waals surface area contributed by atoms with Crippen LogP contribution in [0.1, 0.15) is 13.3 Å². The molecule has 24 heavy (non-hydrogen) atoms. The van der Waals surface area contributed by atoms with Crippen LogP contribution in [0, 0.1) is 0 Å². The van der Waals surface area contributed by atoms with Crippen molar-refractivity contribution in [2.75, 3.05) is 39.3 Å². The van der Waals surface area contributed by atoms with Gasteiger partial charge in [-0.1, -0.05) is 18.2 Å². The van der Waals surface area contributed by atoms with Crippen LogP contribution in [0.3, 0.4) is 0 Å². The van der Waals surface area contributed by atoms with Crippen LogP contribution in [-0.4, -0.2) is 78.5 Å². The lowest BCUT2D eigenvalue weighted by molar-refractivity contribution is -0.145. The molecular formula is C18H26N2O4. The molecular weight excluding hydrogens is 308 g/mol. The summed E-state index contributed by atoms with van der Waals surface area (Å²) in [5.74, 6) is 0.683. The molecule has 0 amide bonds. The lowest BCUT2D eigenvalue weighted by Gasteiger charge is -2.37. The molecule has 2 aliphatic heterocycles. The summed E-state index contributed by atoms with van der Waals surface area (Å²) < 4.78 is 10.8. The molecule has 6 heteroatoms. The number of β-amino-alcohol motifs (C(OH)–C–C–N with tert-alkyl or cyclic N) is 1. The molecule has 0 aromatic heterocycles. The van der Waals surface area contributed by atoms with Crippen LogP contribution in [-0.2, 0) is 9.53 Å². The molecule has 1 N–H and O–H groups in total. The van der Waals surface area contributed by atoms with Gasteiger partial charge in [0.15, 0.2) is 0 Å². The second kappa shape index (κ2) is 7.96. The fraction of sp³-hybridized carbons (Fsp3) is 0.611. The maximum atomic E-state index is 11.8. The average molecular weight is 334 g/mol. The van der Waals surface area contributed by atoms with Crippen molar-refractivity contribution in [2.45, 2.75) is 31.6 Å². The summed E-state index contributed by atoms with van der Waals surface area (Å²) in [4.78, 5) is 16.3. The smallest absolute Gasteiger partial charge is 0.323 e. The Morgan fingerprint density at radius 2 is 1.96 bits per heavy atom. The van der Waals surface area contributed by atoms with Gasteiger partial charge in [0.25, 0.3) is 0 Å². The molecule has 0 bridgehead atoms. The minimum absolute atomic E-state index is 0.0255. The summed E-state index contributed by atoms with van der Waals surface area (Å²) in [7, 11) is 0. The first kappa shape index (κ1) is 17.2. The van der Waals surface area contributed by atoms with E-state index in [1.54, 1.807) is 0 Å². The van der Waals surface area contributed by atoms with Crippen molar-refractivity contribution >= 4 is 5.97 Å². The summed E-state index contributed by atoms with van der Waals surface area (Å²) in [5.41, 5.74) is 0. The van der Waals surface area contributed by atoms with Crippen LogP contribution in [0.4, 0.5) is 0 Å². The van der Waals surface area contributed by atoms with E-state index in [-0.39, 0.29) is 24.7 Å². The molecule has 3 atom stereocenters. The number of aliphatic hydroxyl groups is 1. The molecule has 132 valence electrons. The Bertz CT molecular complexity index is 531. The van der Waals surface area contributed by atoms with E-state index in [2.05, 4.69) is 9.80 Å². The first-order chi connectivity index (χ1) is 11.6. The Kier molecular flexibility index (Phi) is 5.71. The Balaban J connectivity index is 1.38. The first-order valence-corrected chi connectivity index (χ1v) is 8.64. The predicted octanol–water partition coefficient (Wildman–Crippen LogP) is 0.748. The highest BCUT2D eigenvalue weighted by Crippen LogP contribution is 2.21. The van der Waals surface area contributed by atoms with Crippen molar-refractivity contribution in [3.05, 3.63) is 30.3 Å². The molecule has 0 unspecified atom stereocenters. The van der Waals surface area contributed by atoms with E-state index in [4.69, 9.17) is 9.47 Å². The maximum Gasteiger partial charge on any atom is 0.323 e. The van der Waals surface area contributed by atoms with Crippen LogP contribution in [0.2, 0.25) is 0 Å². The third-order valence-corrected chi connectivity index (χ3v) is 4.65. The van der Waals surface area contributed by atoms with Gasteiger partial charge in [-0.05, 0) is 19.1 Å². The first-order valence-electron chi connectivity index (χ1n) is 8.64. The number of benzene rings is 1. The van der Waals surface area contributed by atoms with Gasteiger partial charge in [0.05, 0.1) is 0 Å². The Morgan fingerprint density at radius 3 is 2.58 bits per heavy atom. The standard InChI is InChI=1S/C18H26N2O4/c1-14-11-17(18(22)24-14)20-9-7-19(8-10-20)12-15(21)13-23-16-5-3-2-4-6-16/h2-6,14-15,17,21H,7-13H2,1H3/t14-,15+,17-/m1/s1. The molecule has 0 spiro atoms. The second-order valence-corrected chi connectivity index (χ2v) is 6.61. The van der Waals surface area contributed by atoms with Crippen molar-refractivity contribution in [1.82, 2.24) is 9.80 Å². The van der Waals surface area contributed by atoms with E-state index in [0.29, 0.717) is 6.54 Å². The number of rotatable bonds is 6. The minimum Gasteiger partial charge on any atom is -0.491 e. The van der Waals surface area contributed by atoms with Crippen molar-refractivity contribution < 1.29 is 19.4 Å². The molecule has 0 radical (unpaired) electrons. The fourth-order valence-electron chi connectivity index (χ4n) is 3.35. The normalized spacial score (nSPS) is 27.0. The highest BCUT2D eigenvalue weighted by molar-refractivity contribution is 5.78. The number of aliphatic hydroxyl groups excluding tert-OH is 1. The molecule has 2 aliphatic rings. The number of carbonyl (C=O) groups is 1. The monoisotopic (exact) mass is 334 g/mol. The number of para-hydroxylation sites is 1. The van der Waals surface area contributed by atoms with Crippen LogP contribution in [0.5, 0.6) is 5.75 Å². The van der Waals surface area contributed by atoms with Gasteiger partial charge in [0, 0.05) is 39.1 Å². The number of nitrogens with zero attached hydrogens (tertiary/aromatic N) is 2. The number of hydrogen-bond donors (Lipinski definition) is 1. The molecule has 6 nitrogen and oxygen atoms in total. The molecule has 1 aromatic rings. The van der Waals surface area contributed by atoms with Crippen LogP contribution >= 0.6 is 0 Å². The molecule has 0 saturated carbocycles. The van der Waals surface area contributed by atoms with Crippen LogP contribution in [0.15, 0.2) is 30.3 Å². The van der Waals surface area contributed by atoms with Gasteiger partial charge in [0.2, 0.25) is 0 Å². The lowest BCUT2D eigenvalue weighted by Crippen LogP contribution is -2.53. The van der Waals surface area contributed by atoms with Gasteiger partial charge < -0.3 is 14.6 Å². The third-order valence-electron chi connectivity index (χ3n) is 4.65. The predicted molar refractivity (Wildman–Crippen MR) is 89.9 cm³/mol. The van der Waals surface area contributed by atoms with Crippen LogP contribution < -0.4 is 4.74 Å². The molecule has 2 saturated heterocycles. The van der Waals surface area contributed by atoms with Crippen molar-refractivity contribution in [2.24, 2.45) is 0 Å². The zero-order valence-corrected chi connectivity index (χ0v) is 14.1. The number of carbonyl (C=O) groups excluding carboxylic acids is 1. The molecule has 2 heterocycles. The van der Waals surface area contributed by atoms with Gasteiger partial charge in [-0.2, -0.15) is 0 Å². The number of ether oxygens (including phenoxy) is 2. The van der Waals surface area contributed by atoms with Gasteiger partial charge in [-0.3, -0.25) is 14.6 Å². The highest BCUT2D eigenvalue weighted by atomic mass is 16.6. The zero-order valence-electron chi connectivity index (χ0n) is 14.1. The van der Waals surface area contributed by atoms with Crippen LogP contribution in [0.25, 0.3) is 0 Å². The quantitative estimate of drug-likeness (QED) is 0.775. The summed E-state index contributed by atoms with van der Waals surface area (Å²) in [6, 6.07) is 9.43. The third kappa shape index (κ3) is 4.47. The second-order valence-electron chi connectivity index (χ2n) is 6.61. The summed E-state index contributed by atoms with van der Waals surface area (Å²) >= 11 is 0. The van der Waals surface area contributed by atoms with Crippen molar-refractivity contribution in [3.63, 3.8) is 0 Å². The number of esters is 1. The van der Waals surface area contributed by atoms with E-state index in [9.17, 15) is 9.90 Å². The fourth-order valence-corrected chi connectivity index (χ4v) is 3.35. The Labute approximate surface area is 143 Å². The highest BCUT2D eigenvalue weighted by Gasteiger charge is 2.37. The Hall–Kier alpha value is -1.63. The van der Waals surface area contributed by atoms with Gasteiger partial charge in [-0.15, -0.1) is 0 Å². The van der Waals surface area contributed by atoms with Gasteiger partial charge in [-0.25, -0.2) is 0 Å². The zero-order chi connectivity index (χ0) is 16.9. The molecule has 2 fully saturated rings. The maximum absolute atomic E-state index is 11.8. The van der Waals surface area contributed by atoms with E-state index >= 15 is 0 Å². The minimum atomic E-state index is -0.520. The van der Waals surface area contributed by atoms with Crippen molar-refractivity contribution in [1.29, 1.82) is 0 Å². The molecule has 3 rings (SSSR count). The van der Waals surface area contributed by atoms with E-state index in [0.717, 1.165) is 38.3 Å². The molecule has 0 aliphatic carbocycles. The summed E-state index contributed by atoms with van der Waals surface area (Å²) in [5, 5.41) is 10.2. The molecule has 1 aromatic carbocycles.